The molecule has 1 aliphatic carbocycles. The zero-order valence-electron chi connectivity index (χ0n) is 13.8. The topological polar surface area (TPSA) is 79.9 Å². The van der Waals surface area contributed by atoms with Gasteiger partial charge in [-0.2, -0.15) is 0 Å². The van der Waals surface area contributed by atoms with Crippen LogP contribution >= 0.6 is 0 Å². The van der Waals surface area contributed by atoms with E-state index in [9.17, 15) is 9.59 Å². The maximum Gasteiger partial charge on any atom is 0.253 e. The lowest BCUT2D eigenvalue weighted by molar-refractivity contribution is -0.133. The summed E-state index contributed by atoms with van der Waals surface area (Å²) in [6, 6.07) is 5.51. The van der Waals surface area contributed by atoms with Gasteiger partial charge in [-0.1, -0.05) is 0 Å². The normalized spacial score (nSPS) is 17.3. The highest BCUT2D eigenvalue weighted by Gasteiger charge is 2.25. The molecule has 2 amide bonds. The fraction of sp³-hybridized carbons (Fsp3) is 0.529. The molecule has 0 bridgehead atoms. The highest BCUT2D eigenvalue weighted by atomic mass is 16.5. The molecular formula is C17H23N3O4. The molecule has 130 valence electrons. The average molecular weight is 333 g/mol. The third-order valence-corrected chi connectivity index (χ3v) is 4.18. The predicted molar refractivity (Wildman–Crippen MR) is 89.4 cm³/mol. The van der Waals surface area contributed by atoms with E-state index in [4.69, 9.17) is 9.47 Å². The predicted octanol–water partition coefficient (Wildman–Crippen LogP) is 0.858. The largest absolute Gasteiger partial charge is 0.497 e. The molecule has 1 aromatic carbocycles. The number of hydrogen-bond donors (Lipinski definition) is 2. The van der Waals surface area contributed by atoms with Crippen molar-refractivity contribution in [2.75, 3.05) is 45.3 Å². The molecule has 0 radical (unpaired) electrons. The number of nitrogens with one attached hydrogen (secondary N) is 2. The highest BCUT2D eigenvalue weighted by Crippen LogP contribution is 2.24. The van der Waals surface area contributed by atoms with Crippen LogP contribution in [0.5, 0.6) is 5.75 Å². The number of carbonyl (C=O) groups is 2. The second-order valence-corrected chi connectivity index (χ2v) is 6.01. The molecule has 1 aliphatic heterocycles. The van der Waals surface area contributed by atoms with Gasteiger partial charge in [0.05, 0.1) is 32.4 Å². The van der Waals surface area contributed by atoms with E-state index in [-0.39, 0.29) is 24.4 Å². The summed E-state index contributed by atoms with van der Waals surface area (Å²) < 4.78 is 10.5. The summed E-state index contributed by atoms with van der Waals surface area (Å²) in [6.07, 6.45) is 2.04. The van der Waals surface area contributed by atoms with Crippen molar-refractivity contribution in [1.29, 1.82) is 0 Å². The Balaban J connectivity index is 1.66. The van der Waals surface area contributed by atoms with E-state index in [0.29, 0.717) is 43.3 Å². The van der Waals surface area contributed by atoms with Crippen molar-refractivity contribution in [2.45, 2.75) is 18.9 Å². The monoisotopic (exact) mass is 333 g/mol. The van der Waals surface area contributed by atoms with Crippen LogP contribution in [0.4, 0.5) is 5.69 Å². The van der Waals surface area contributed by atoms with Gasteiger partial charge in [0, 0.05) is 24.8 Å². The standard InChI is InChI=1S/C17H23N3O4/c1-23-13-4-5-15(14(10-13)17(22)19-12-2-3-12)18-11-16(21)20-6-8-24-9-7-20/h4-5,10,12,18H,2-3,6-9,11H2,1H3,(H,19,22). The van der Waals surface area contributed by atoms with E-state index in [2.05, 4.69) is 10.6 Å². The number of rotatable bonds is 6. The number of methoxy groups -OCH3 is 1. The number of nitrogens with zero attached hydrogens (tertiary/aromatic N) is 1. The van der Waals surface area contributed by atoms with Crippen molar-refractivity contribution >= 4 is 17.5 Å². The molecule has 2 fully saturated rings. The van der Waals surface area contributed by atoms with Crippen molar-refractivity contribution in [1.82, 2.24) is 10.2 Å². The molecular weight excluding hydrogens is 310 g/mol. The molecule has 0 aromatic heterocycles. The lowest BCUT2D eigenvalue weighted by atomic mass is 10.1. The molecule has 24 heavy (non-hydrogen) atoms. The maximum atomic E-state index is 12.4. The molecule has 2 N–H and O–H groups in total. The molecule has 7 heteroatoms. The zero-order valence-corrected chi connectivity index (χ0v) is 13.8. The van der Waals surface area contributed by atoms with Gasteiger partial charge >= 0.3 is 0 Å². The van der Waals surface area contributed by atoms with Crippen LogP contribution < -0.4 is 15.4 Å². The van der Waals surface area contributed by atoms with Crippen LogP contribution in [-0.2, 0) is 9.53 Å². The number of amides is 2. The first-order valence-electron chi connectivity index (χ1n) is 8.25. The maximum absolute atomic E-state index is 12.4. The summed E-state index contributed by atoms with van der Waals surface area (Å²) >= 11 is 0. The van der Waals surface area contributed by atoms with E-state index in [1.54, 1.807) is 30.2 Å². The van der Waals surface area contributed by atoms with E-state index < -0.39 is 0 Å². The Hall–Kier alpha value is -2.28. The first kappa shape index (κ1) is 16.6. The molecule has 1 heterocycles. The second kappa shape index (κ2) is 7.53. The van der Waals surface area contributed by atoms with E-state index >= 15 is 0 Å². The summed E-state index contributed by atoms with van der Waals surface area (Å²) in [4.78, 5) is 26.4. The van der Waals surface area contributed by atoms with Crippen molar-refractivity contribution < 1.29 is 19.1 Å². The number of carbonyl (C=O) groups excluding carboxylic acids is 2. The number of anilines is 1. The van der Waals surface area contributed by atoms with Gasteiger partial charge < -0.3 is 25.0 Å². The van der Waals surface area contributed by atoms with Crippen LogP contribution in [0.3, 0.4) is 0 Å². The Morgan fingerprint density at radius 3 is 2.71 bits per heavy atom. The Kier molecular flexibility index (Phi) is 5.20. The quantitative estimate of drug-likeness (QED) is 0.807. The molecule has 2 aliphatic rings. The Labute approximate surface area is 141 Å². The molecule has 0 atom stereocenters. The smallest absolute Gasteiger partial charge is 0.253 e. The first-order chi connectivity index (χ1) is 11.7. The minimum atomic E-state index is -0.141. The Bertz CT molecular complexity index is 610. The molecule has 7 nitrogen and oxygen atoms in total. The van der Waals surface area contributed by atoms with E-state index in [1.165, 1.54) is 0 Å². The van der Waals surface area contributed by atoms with Crippen LogP contribution in [0.15, 0.2) is 18.2 Å². The summed E-state index contributed by atoms with van der Waals surface area (Å²) in [5, 5.41) is 6.05. The molecule has 0 spiro atoms. The second-order valence-electron chi connectivity index (χ2n) is 6.01. The van der Waals surface area contributed by atoms with Crippen LogP contribution in [0, 0.1) is 0 Å². The molecule has 1 saturated carbocycles. The Morgan fingerprint density at radius 1 is 1.29 bits per heavy atom. The minimum Gasteiger partial charge on any atom is -0.497 e. The van der Waals surface area contributed by atoms with E-state index in [0.717, 1.165) is 12.8 Å². The van der Waals surface area contributed by atoms with Gasteiger partial charge in [0.2, 0.25) is 5.91 Å². The third-order valence-electron chi connectivity index (χ3n) is 4.18. The number of benzene rings is 1. The van der Waals surface area contributed by atoms with E-state index in [1.807, 2.05) is 0 Å². The number of morpholine rings is 1. The summed E-state index contributed by atoms with van der Waals surface area (Å²) in [5.41, 5.74) is 1.13. The Morgan fingerprint density at radius 2 is 2.04 bits per heavy atom. The van der Waals surface area contributed by atoms with Gasteiger partial charge in [-0.05, 0) is 31.0 Å². The van der Waals surface area contributed by atoms with Crippen LogP contribution in [0.1, 0.15) is 23.2 Å². The zero-order chi connectivity index (χ0) is 16.9. The highest BCUT2D eigenvalue weighted by molar-refractivity contribution is 6.00. The van der Waals surface area contributed by atoms with Crippen molar-refractivity contribution in [3.63, 3.8) is 0 Å². The molecule has 3 rings (SSSR count). The minimum absolute atomic E-state index is 0.00247. The van der Waals surface area contributed by atoms with Crippen LogP contribution in [0.2, 0.25) is 0 Å². The fourth-order valence-corrected chi connectivity index (χ4v) is 2.58. The number of hydrogen-bond acceptors (Lipinski definition) is 5. The van der Waals surface area contributed by atoms with Crippen LogP contribution in [0.25, 0.3) is 0 Å². The summed E-state index contributed by atoms with van der Waals surface area (Å²) in [7, 11) is 1.56. The SMILES string of the molecule is COc1ccc(NCC(=O)N2CCOCC2)c(C(=O)NC2CC2)c1. The van der Waals surface area contributed by atoms with Crippen molar-refractivity contribution in [3.05, 3.63) is 23.8 Å². The summed E-state index contributed by atoms with van der Waals surface area (Å²) in [6.45, 7) is 2.51. The van der Waals surface area contributed by atoms with Gasteiger partial charge in [0.25, 0.3) is 5.91 Å². The van der Waals surface area contributed by atoms with Gasteiger partial charge in [0.15, 0.2) is 0 Å². The van der Waals surface area contributed by atoms with Gasteiger partial charge in [-0.15, -0.1) is 0 Å². The molecule has 1 saturated heterocycles. The third kappa shape index (κ3) is 4.17. The lowest BCUT2D eigenvalue weighted by Crippen LogP contribution is -2.43. The molecule has 1 aromatic rings. The van der Waals surface area contributed by atoms with Gasteiger partial charge in [-0.3, -0.25) is 9.59 Å². The van der Waals surface area contributed by atoms with Crippen LogP contribution in [-0.4, -0.2) is 62.7 Å². The van der Waals surface area contributed by atoms with Gasteiger partial charge in [0.1, 0.15) is 5.75 Å². The summed E-state index contributed by atoms with van der Waals surface area (Å²) in [5.74, 6) is 0.474. The number of ether oxygens (including phenoxy) is 2. The fourth-order valence-electron chi connectivity index (χ4n) is 2.58. The van der Waals surface area contributed by atoms with Gasteiger partial charge in [-0.25, -0.2) is 0 Å². The first-order valence-corrected chi connectivity index (χ1v) is 8.25. The van der Waals surface area contributed by atoms with Crippen molar-refractivity contribution in [3.8, 4) is 5.75 Å². The average Bonchev–Trinajstić information content (AvgIpc) is 3.44. The van der Waals surface area contributed by atoms with Crippen molar-refractivity contribution in [2.24, 2.45) is 0 Å². The molecule has 0 unspecified atom stereocenters. The lowest BCUT2D eigenvalue weighted by Gasteiger charge is -2.27.